The second-order valence-corrected chi connectivity index (χ2v) is 6.41. The van der Waals surface area contributed by atoms with Gasteiger partial charge < -0.3 is 5.11 Å². The van der Waals surface area contributed by atoms with Crippen LogP contribution in [0.3, 0.4) is 0 Å². The summed E-state index contributed by atoms with van der Waals surface area (Å²) < 4.78 is 2.48. The number of hydrogen-bond acceptors (Lipinski definition) is 4. The molecule has 0 radical (unpaired) electrons. The van der Waals surface area contributed by atoms with Gasteiger partial charge in [-0.15, -0.1) is 11.3 Å². The van der Waals surface area contributed by atoms with Crippen molar-refractivity contribution < 1.29 is 9.90 Å². The Morgan fingerprint density at radius 2 is 2.00 bits per heavy atom. The number of aromatic carboxylic acids is 1. The number of nitrogens with zero attached hydrogens (tertiary/aromatic N) is 3. The molecule has 0 aromatic carbocycles. The Hall–Kier alpha value is -1.99. The Morgan fingerprint density at radius 3 is 2.60 bits per heavy atom. The molecule has 20 heavy (non-hydrogen) atoms. The molecule has 0 aliphatic rings. The number of carboxylic acids is 1. The van der Waals surface area contributed by atoms with Crippen LogP contribution in [0.25, 0.3) is 16.3 Å². The van der Waals surface area contributed by atoms with E-state index in [0.717, 1.165) is 14.4 Å². The van der Waals surface area contributed by atoms with Gasteiger partial charge in [0.05, 0.1) is 14.4 Å². The van der Waals surface area contributed by atoms with Gasteiger partial charge in [-0.2, -0.15) is 5.10 Å². The summed E-state index contributed by atoms with van der Waals surface area (Å²) in [6.45, 7) is 0. The average Bonchev–Trinajstić information content (AvgIpc) is 3.05. The maximum atomic E-state index is 11.4. The van der Waals surface area contributed by atoms with Crippen molar-refractivity contribution in [1.29, 1.82) is 0 Å². The average molecular weight is 350 g/mol. The fourth-order valence-electron chi connectivity index (χ4n) is 1.78. The highest BCUT2D eigenvalue weighted by Gasteiger charge is 2.19. The molecule has 3 aromatic rings. The van der Waals surface area contributed by atoms with Gasteiger partial charge in [0.2, 0.25) is 0 Å². The van der Waals surface area contributed by atoms with Gasteiger partial charge in [-0.25, -0.2) is 9.48 Å². The van der Waals surface area contributed by atoms with Crippen molar-refractivity contribution in [3.63, 3.8) is 0 Å². The SMILES string of the molecule is O=C(O)c1cn(-c2ccncc2)nc1-c1ccc(Br)s1. The van der Waals surface area contributed by atoms with Gasteiger partial charge in [0.15, 0.2) is 0 Å². The predicted molar refractivity (Wildman–Crippen MR) is 79.3 cm³/mol. The molecule has 3 rings (SSSR count). The molecule has 1 N–H and O–H groups in total. The number of hydrogen-bond donors (Lipinski definition) is 1. The number of carbonyl (C=O) groups is 1. The Labute approximate surface area is 126 Å². The van der Waals surface area contributed by atoms with Crippen LogP contribution in [0.1, 0.15) is 10.4 Å². The summed E-state index contributed by atoms with van der Waals surface area (Å²) in [6.07, 6.45) is 4.79. The zero-order valence-corrected chi connectivity index (χ0v) is 12.4. The van der Waals surface area contributed by atoms with Gasteiger partial charge in [-0.1, -0.05) is 0 Å². The number of thiophene rings is 1. The molecule has 0 aliphatic carbocycles. The maximum absolute atomic E-state index is 11.4. The maximum Gasteiger partial charge on any atom is 0.339 e. The van der Waals surface area contributed by atoms with E-state index in [0.29, 0.717) is 5.69 Å². The van der Waals surface area contributed by atoms with Crippen LogP contribution in [0, 0.1) is 0 Å². The quantitative estimate of drug-likeness (QED) is 0.786. The molecule has 0 saturated heterocycles. The van der Waals surface area contributed by atoms with Crippen molar-refractivity contribution in [3.05, 3.63) is 52.2 Å². The minimum absolute atomic E-state index is 0.177. The van der Waals surface area contributed by atoms with E-state index in [1.54, 1.807) is 29.2 Å². The second kappa shape index (κ2) is 5.18. The minimum atomic E-state index is -0.996. The molecule has 100 valence electrons. The topological polar surface area (TPSA) is 68.0 Å². The first-order valence-corrected chi connectivity index (χ1v) is 7.25. The van der Waals surface area contributed by atoms with Crippen molar-refractivity contribution >= 4 is 33.2 Å². The van der Waals surface area contributed by atoms with Crippen LogP contribution >= 0.6 is 27.3 Å². The van der Waals surface area contributed by atoms with E-state index in [9.17, 15) is 9.90 Å². The summed E-state index contributed by atoms with van der Waals surface area (Å²) in [5.74, 6) is -0.996. The van der Waals surface area contributed by atoms with Crippen LogP contribution in [0.5, 0.6) is 0 Å². The highest BCUT2D eigenvalue weighted by atomic mass is 79.9. The molecule has 0 saturated carbocycles. The van der Waals surface area contributed by atoms with Crippen molar-refractivity contribution in [2.45, 2.75) is 0 Å². The minimum Gasteiger partial charge on any atom is -0.478 e. The van der Waals surface area contributed by atoms with Crippen LogP contribution < -0.4 is 0 Å². The molecule has 0 aliphatic heterocycles. The molecule has 3 heterocycles. The van der Waals surface area contributed by atoms with Gasteiger partial charge in [0.1, 0.15) is 11.3 Å². The highest BCUT2D eigenvalue weighted by molar-refractivity contribution is 9.11. The molecule has 0 fully saturated rings. The number of aromatic nitrogens is 3. The molecule has 0 amide bonds. The summed E-state index contributed by atoms with van der Waals surface area (Å²) in [4.78, 5) is 16.1. The van der Waals surface area contributed by atoms with Gasteiger partial charge in [0, 0.05) is 18.6 Å². The summed E-state index contributed by atoms with van der Waals surface area (Å²) in [5.41, 5.74) is 1.41. The lowest BCUT2D eigenvalue weighted by molar-refractivity contribution is 0.0697. The van der Waals surface area contributed by atoms with Crippen LogP contribution in [0.2, 0.25) is 0 Å². The predicted octanol–water partition coefficient (Wildman–Crippen LogP) is 3.46. The molecule has 0 atom stereocenters. The van der Waals surface area contributed by atoms with Crippen LogP contribution in [0.15, 0.2) is 46.6 Å². The Bertz CT molecular complexity index is 767. The van der Waals surface area contributed by atoms with Gasteiger partial charge in [-0.05, 0) is 40.2 Å². The lowest BCUT2D eigenvalue weighted by atomic mass is 10.2. The summed E-state index contributed by atoms with van der Waals surface area (Å²) in [7, 11) is 0. The number of halogens is 1. The molecule has 0 unspecified atom stereocenters. The smallest absolute Gasteiger partial charge is 0.339 e. The van der Waals surface area contributed by atoms with E-state index in [1.165, 1.54) is 17.5 Å². The van der Waals surface area contributed by atoms with E-state index in [2.05, 4.69) is 26.0 Å². The summed E-state index contributed by atoms with van der Waals surface area (Å²) >= 11 is 4.82. The summed E-state index contributed by atoms with van der Waals surface area (Å²) in [6, 6.07) is 7.26. The zero-order chi connectivity index (χ0) is 14.1. The van der Waals surface area contributed by atoms with Gasteiger partial charge in [0.25, 0.3) is 0 Å². The Kier molecular flexibility index (Phi) is 3.37. The lowest BCUT2D eigenvalue weighted by Crippen LogP contribution is -1.96. The lowest BCUT2D eigenvalue weighted by Gasteiger charge is -1.98. The van der Waals surface area contributed by atoms with Crippen molar-refractivity contribution in [2.24, 2.45) is 0 Å². The number of pyridine rings is 1. The third-order valence-corrected chi connectivity index (χ3v) is 4.31. The van der Waals surface area contributed by atoms with Crippen molar-refractivity contribution in [2.75, 3.05) is 0 Å². The second-order valence-electron chi connectivity index (χ2n) is 3.95. The molecule has 3 aromatic heterocycles. The van der Waals surface area contributed by atoms with Crippen LogP contribution in [-0.4, -0.2) is 25.8 Å². The highest BCUT2D eigenvalue weighted by Crippen LogP contribution is 2.32. The molecule has 7 heteroatoms. The van der Waals surface area contributed by atoms with Crippen LogP contribution in [-0.2, 0) is 0 Å². The first kappa shape index (κ1) is 13.0. The largest absolute Gasteiger partial charge is 0.478 e. The third kappa shape index (κ3) is 2.37. The molecular weight excluding hydrogens is 342 g/mol. The van der Waals surface area contributed by atoms with E-state index >= 15 is 0 Å². The first-order valence-electron chi connectivity index (χ1n) is 5.64. The number of carboxylic acid groups (broad SMARTS) is 1. The van der Waals surface area contributed by atoms with Gasteiger partial charge in [-0.3, -0.25) is 4.98 Å². The Morgan fingerprint density at radius 1 is 1.25 bits per heavy atom. The normalized spacial score (nSPS) is 10.7. The zero-order valence-electron chi connectivity index (χ0n) is 10.0. The molecule has 5 nitrogen and oxygen atoms in total. The standard InChI is InChI=1S/C13H8BrN3O2S/c14-11-2-1-10(20-11)12-9(13(18)19)7-17(16-12)8-3-5-15-6-4-8/h1-7H,(H,18,19). The molecule has 0 spiro atoms. The van der Waals surface area contributed by atoms with E-state index in [1.807, 2.05) is 12.1 Å². The van der Waals surface area contributed by atoms with Crippen molar-refractivity contribution in [3.8, 4) is 16.3 Å². The fourth-order valence-corrected chi connectivity index (χ4v) is 3.17. The monoisotopic (exact) mass is 349 g/mol. The summed E-state index contributed by atoms with van der Waals surface area (Å²) in [5, 5.41) is 13.7. The van der Waals surface area contributed by atoms with Crippen molar-refractivity contribution in [1.82, 2.24) is 14.8 Å². The molecular formula is C13H8BrN3O2S. The van der Waals surface area contributed by atoms with E-state index < -0.39 is 5.97 Å². The van der Waals surface area contributed by atoms with Gasteiger partial charge >= 0.3 is 5.97 Å². The van der Waals surface area contributed by atoms with E-state index in [-0.39, 0.29) is 5.56 Å². The first-order chi connectivity index (χ1) is 9.65. The molecule has 0 bridgehead atoms. The third-order valence-electron chi connectivity index (χ3n) is 2.68. The van der Waals surface area contributed by atoms with Crippen LogP contribution in [0.4, 0.5) is 0 Å². The Balaban J connectivity index is 2.15. The number of rotatable bonds is 3. The fraction of sp³-hybridized carbons (Fsp3) is 0. The van der Waals surface area contributed by atoms with E-state index in [4.69, 9.17) is 0 Å².